The van der Waals surface area contributed by atoms with Crippen LogP contribution in [-0.2, 0) is 17.9 Å². The van der Waals surface area contributed by atoms with Crippen LogP contribution in [-0.4, -0.2) is 52.5 Å². The van der Waals surface area contributed by atoms with Crippen molar-refractivity contribution in [2.75, 3.05) is 20.8 Å². The van der Waals surface area contributed by atoms with Crippen LogP contribution in [0.3, 0.4) is 0 Å². The molecule has 4 aromatic rings. The summed E-state index contributed by atoms with van der Waals surface area (Å²) in [5.41, 5.74) is 0.192. The van der Waals surface area contributed by atoms with Gasteiger partial charge in [0.15, 0.2) is 11.4 Å². The molecule has 0 aliphatic rings. The van der Waals surface area contributed by atoms with E-state index in [1.165, 1.54) is 22.9 Å². The van der Waals surface area contributed by atoms with Gasteiger partial charge in [-0.2, -0.15) is 0 Å². The standard InChI is InChI=1S/C28H26N4O8/c1-4-39-28(34)26-25(29-30-31(26)16-18-5-9-20(37-2)10-6-18)27(33)23-15-22(13-14-24(23)32(35)36)40-17-19-7-11-21(38-3)12-8-19/h5-15H,4,16-17H2,1-3H3. The molecule has 12 heteroatoms. The zero-order valence-electron chi connectivity index (χ0n) is 22.0. The van der Waals surface area contributed by atoms with Crippen LogP contribution < -0.4 is 14.2 Å². The number of hydrogen-bond acceptors (Lipinski definition) is 10. The molecule has 0 spiro atoms. The summed E-state index contributed by atoms with van der Waals surface area (Å²) in [4.78, 5) is 37.6. The van der Waals surface area contributed by atoms with Crippen LogP contribution in [0.4, 0.5) is 5.69 Å². The summed E-state index contributed by atoms with van der Waals surface area (Å²) in [6.07, 6.45) is 0. The van der Waals surface area contributed by atoms with E-state index >= 15 is 0 Å². The fourth-order valence-corrected chi connectivity index (χ4v) is 3.84. The van der Waals surface area contributed by atoms with Crippen molar-refractivity contribution in [3.05, 3.63) is 105 Å². The van der Waals surface area contributed by atoms with Gasteiger partial charge in [0.1, 0.15) is 29.4 Å². The van der Waals surface area contributed by atoms with Gasteiger partial charge in [0.2, 0.25) is 5.78 Å². The molecule has 0 aliphatic heterocycles. The zero-order chi connectivity index (χ0) is 28.6. The first-order valence-corrected chi connectivity index (χ1v) is 12.2. The van der Waals surface area contributed by atoms with E-state index in [2.05, 4.69) is 10.3 Å². The molecule has 40 heavy (non-hydrogen) atoms. The number of nitro groups is 1. The predicted molar refractivity (Wildman–Crippen MR) is 142 cm³/mol. The van der Waals surface area contributed by atoms with E-state index < -0.39 is 22.4 Å². The molecule has 12 nitrogen and oxygen atoms in total. The van der Waals surface area contributed by atoms with Crippen LogP contribution >= 0.6 is 0 Å². The summed E-state index contributed by atoms with van der Waals surface area (Å²) in [6.45, 7) is 1.88. The molecule has 0 bridgehead atoms. The van der Waals surface area contributed by atoms with Gasteiger partial charge in [-0.1, -0.05) is 29.5 Å². The molecule has 0 radical (unpaired) electrons. The van der Waals surface area contributed by atoms with Gasteiger partial charge >= 0.3 is 5.97 Å². The molecular formula is C28H26N4O8. The van der Waals surface area contributed by atoms with E-state index in [-0.39, 0.29) is 42.5 Å². The Hall–Kier alpha value is -5.26. The van der Waals surface area contributed by atoms with Gasteiger partial charge in [0, 0.05) is 6.07 Å². The predicted octanol–water partition coefficient (Wildman–Crippen LogP) is 4.24. The molecule has 206 valence electrons. The average molecular weight is 547 g/mol. The Morgan fingerprint density at radius 2 is 1.50 bits per heavy atom. The number of carbonyl (C=O) groups is 2. The van der Waals surface area contributed by atoms with Crippen LogP contribution in [0.1, 0.15) is 44.6 Å². The van der Waals surface area contributed by atoms with E-state index in [1.807, 2.05) is 12.1 Å². The number of hydrogen-bond donors (Lipinski definition) is 0. The number of rotatable bonds is 12. The second-order valence-corrected chi connectivity index (χ2v) is 8.41. The minimum absolute atomic E-state index is 0.0367. The fourth-order valence-electron chi connectivity index (χ4n) is 3.84. The maximum atomic E-state index is 13.6. The highest BCUT2D eigenvalue weighted by molar-refractivity contribution is 6.14. The Labute approximate surface area is 229 Å². The molecule has 1 aromatic heterocycles. The summed E-state index contributed by atoms with van der Waals surface area (Å²) in [5, 5.41) is 19.7. The van der Waals surface area contributed by atoms with Gasteiger partial charge in [-0.25, -0.2) is 9.48 Å². The molecule has 4 rings (SSSR count). The van der Waals surface area contributed by atoms with Crippen LogP contribution in [0.2, 0.25) is 0 Å². The monoisotopic (exact) mass is 546 g/mol. The maximum Gasteiger partial charge on any atom is 0.359 e. The third kappa shape index (κ3) is 6.23. The minimum Gasteiger partial charge on any atom is -0.497 e. The number of carbonyl (C=O) groups excluding carboxylic acids is 2. The highest BCUT2D eigenvalue weighted by Crippen LogP contribution is 2.28. The van der Waals surface area contributed by atoms with Crippen molar-refractivity contribution in [2.45, 2.75) is 20.1 Å². The number of ether oxygens (including phenoxy) is 4. The topological polar surface area (TPSA) is 145 Å². The molecular weight excluding hydrogens is 520 g/mol. The van der Waals surface area contributed by atoms with Crippen LogP contribution in [0.15, 0.2) is 66.7 Å². The normalized spacial score (nSPS) is 10.6. The fraction of sp³-hybridized carbons (Fsp3) is 0.214. The van der Waals surface area contributed by atoms with E-state index in [0.29, 0.717) is 11.5 Å². The van der Waals surface area contributed by atoms with Crippen LogP contribution in [0.25, 0.3) is 0 Å². The van der Waals surface area contributed by atoms with Crippen LogP contribution in [0.5, 0.6) is 17.2 Å². The first-order chi connectivity index (χ1) is 19.3. The minimum atomic E-state index is -0.870. The number of benzene rings is 3. The number of ketones is 1. The lowest BCUT2D eigenvalue weighted by Gasteiger charge is -2.10. The number of methoxy groups -OCH3 is 2. The number of nitro benzene ring substituents is 1. The largest absolute Gasteiger partial charge is 0.497 e. The van der Waals surface area contributed by atoms with Crippen LogP contribution in [0, 0.1) is 10.1 Å². The zero-order valence-corrected chi connectivity index (χ0v) is 22.0. The summed E-state index contributed by atoms with van der Waals surface area (Å²) in [5.74, 6) is -0.160. The van der Waals surface area contributed by atoms with E-state index in [0.717, 1.165) is 11.1 Å². The van der Waals surface area contributed by atoms with Crippen molar-refractivity contribution >= 4 is 17.4 Å². The van der Waals surface area contributed by atoms with Crippen molar-refractivity contribution in [1.29, 1.82) is 0 Å². The highest BCUT2D eigenvalue weighted by Gasteiger charge is 2.31. The van der Waals surface area contributed by atoms with E-state index in [1.54, 1.807) is 57.5 Å². The Bertz CT molecular complexity index is 1510. The summed E-state index contributed by atoms with van der Waals surface area (Å²) in [7, 11) is 3.10. The second-order valence-electron chi connectivity index (χ2n) is 8.41. The molecule has 3 aromatic carbocycles. The Morgan fingerprint density at radius 3 is 2.08 bits per heavy atom. The molecule has 0 saturated heterocycles. The molecule has 0 aliphatic carbocycles. The Kier molecular flexibility index (Phi) is 8.69. The lowest BCUT2D eigenvalue weighted by molar-refractivity contribution is -0.385. The first kappa shape index (κ1) is 27.8. The number of aromatic nitrogens is 3. The highest BCUT2D eigenvalue weighted by atomic mass is 16.6. The SMILES string of the molecule is CCOC(=O)c1c(C(=O)c2cc(OCc3ccc(OC)cc3)ccc2[N+](=O)[O-])nnn1Cc1ccc(OC)cc1. The van der Waals surface area contributed by atoms with Crippen molar-refractivity contribution in [3.63, 3.8) is 0 Å². The van der Waals surface area contributed by atoms with Gasteiger partial charge in [0.05, 0.1) is 32.3 Å². The van der Waals surface area contributed by atoms with Crippen molar-refractivity contribution in [1.82, 2.24) is 15.0 Å². The molecule has 0 amide bonds. The lowest BCUT2D eigenvalue weighted by Crippen LogP contribution is -2.18. The lowest BCUT2D eigenvalue weighted by atomic mass is 10.0. The molecule has 0 fully saturated rings. The summed E-state index contributed by atoms with van der Waals surface area (Å²) < 4.78 is 22.5. The third-order valence-corrected chi connectivity index (χ3v) is 5.88. The third-order valence-electron chi connectivity index (χ3n) is 5.88. The van der Waals surface area contributed by atoms with E-state index in [4.69, 9.17) is 18.9 Å². The van der Waals surface area contributed by atoms with Gasteiger partial charge < -0.3 is 18.9 Å². The van der Waals surface area contributed by atoms with Gasteiger partial charge in [-0.15, -0.1) is 5.10 Å². The maximum absolute atomic E-state index is 13.6. The summed E-state index contributed by atoms with van der Waals surface area (Å²) in [6, 6.07) is 18.0. The first-order valence-electron chi connectivity index (χ1n) is 12.2. The van der Waals surface area contributed by atoms with Gasteiger partial charge in [-0.05, 0) is 54.4 Å². The number of nitrogens with zero attached hydrogens (tertiary/aromatic N) is 4. The molecule has 0 unspecified atom stereocenters. The molecule has 0 atom stereocenters. The smallest absolute Gasteiger partial charge is 0.359 e. The van der Waals surface area contributed by atoms with Crippen molar-refractivity contribution < 1.29 is 33.5 Å². The van der Waals surface area contributed by atoms with Gasteiger partial charge in [-0.3, -0.25) is 14.9 Å². The molecule has 0 N–H and O–H groups in total. The molecule has 0 saturated carbocycles. The summed E-state index contributed by atoms with van der Waals surface area (Å²) >= 11 is 0. The van der Waals surface area contributed by atoms with Crippen molar-refractivity contribution in [2.24, 2.45) is 0 Å². The molecule has 1 heterocycles. The second kappa shape index (κ2) is 12.5. The Balaban J connectivity index is 1.67. The van der Waals surface area contributed by atoms with Gasteiger partial charge in [0.25, 0.3) is 5.69 Å². The van der Waals surface area contributed by atoms with Crippen molar-refractivity contribution in [3.8, 4) is 17.2 Å². The van der Waals surface area contributed by atoms with E-state index in [9.17, 15) is 19.7 Å². The number of esters is 1. The quantitative estimate of drug-likeness (QED) is 0.109. The Morgan fingerprint density at radius 1 is 0.900 bits per heavy atom. The average Bonchev–Trinajstić information content (AvgIpc) is 3.39.